The lowest BCUT2D eigenvalue weighted by molar-refractivity contribution is -0.0174. The maximum atomic E-state index is 13.1. The van der Waals surface area contributed by atoms with Crippen molar-refractivity contribution >= 4 is 52.8 Å². The van der Waals surface area contributed by atoms with E-state index in [1.807, 2.05) is 0 Å². The fourth-order valence-corrected chi connectivity index (χ4v) is 5.69. The Morgan fingerprint density at radius 3 is 1.35 bits per heavy atom. The molecule has 1 saturated carbocycles. The highest BCUT2D eigenvalue weighted by Gasteiger charge is 2.33. The average Bonchev–Trinajstić information content (AvgIpc) is 3.08. The summed E-state index contributed by atoms with van der Waals surface area (Å²) in [5.74, 6) is 0.765. The first-order chi connectivity index (χ1) is 23.1. The van der Waals surface area contributed by atoms with Crippen LogP contribution in [-0.4, -0.2) is 53.2 Å². The minimum atomic E-state index is -0.444. The Kier molecular flexibility index (Phi) is 10.8. The van der Waals surface area contributed by atoms with Gasteiger partial charge in [0.2, 0.25) is 17.8 Å². The zero-order valence-corrected chi connectivity index (χ0v) is 27.7. The topological polar surface area (TPSA) is 154 Å². The van der Waals surface area contributed by atoms with E-state index >= 15 is 0 Å². The molecule has 1 fully saturated rings. The van der Waals surface area contributed by atoms with Crippen LogP contribution in [0.1, 0.15) is 71.1 Å². The molecule has 12 heteroatoms. The molecule has 1 heterocycles. The molecule has 0 aliphatic heterocycles. The van der Waals surface area contributed by atoms with Crippen LogP contribution >= 0.6 is 0 Å². The Hall–Kier alpha value is -5.52. The lowest BCUT2D eigenvalue weighted by Crippen LogP contribution is -2.35. The van der Waals surface area contributed by atoms with Gasteiger partial charge in [-0.25, -0.2) is 14.4 Å². The van der Waals surface area contributed by atoms with Gasteiger partial charge in [0.1, 0.15) is 6.10 Å². The summed E-state index contributed by atoms with van der Waals surface area (Å²) in [5.41, 5.74) is 3.17. The fourth-order valence-electron chi connectivity index (χ4n) is 5.69. The summed E-state index contributed by atoms with van der Waals surface area (Å²) >= 11 is 0. The van der Waals surface area contributed by atoms with Gasteiger partial charge >= 0.3 is 17.9 Å². The van der Waals surface area contributed by atoms with E-state index in [-0.39, 0.29) is 29.9 Å². The predicted molar refractivity (Wildman–Crippen MR) is 182 cm³/mol. The molecule has 3 aromatic carbocycles. The van der Waals surface area contributed by atoms with Gasteiger partial charge in [0.15, 0.2) is 0 Å². The second-order valence-corrected chi connectivity index (χ2v) is 12.2. The summed E-state index contributed by atoms with van der Waals surface area (Å²) in [4.78, 5) is 50.4. The third-order valence-electron chi connectivity index (χ3n) is 8.36. The van der Waals surface area contributed by atoms with Gasteiger partial charge in [0.25, 0.3) is 0 Å². The maximum absolute atomic E-state index is 13.1. The predicted octanol–water partition coefficient (Wildman–Crippen LogP) is 7.29. The van der Waals surface area contributed by atoms with Crippen LogP contribution in [0.2, 0.25) is 0 Å². The van der Waals surface area contributed by atoms with Crippen LogP contribution in [0.3, 0.4) is 0 Å². The Balaban J connectivity index is 1.34. The molecule has 5 rings (SSSR count). The van der Waals surface area contributed by atoms with Gasteiger partial charge in [0, 0.05) is 17.1 Å². The van der Waals surface area contributed by atoms with Crippen molar-refractivity contribution in [1.82, 2.24) is 15.0 Å². The van der Waals surface area contributed by atoms with Gasteiger partial charge in [-0.3, -0.25) is 0 Å². The number of benzene rings is 3. The Labute approximate surface area is 279 Å². The molecule has 1 aromatic heterocycles. The van der Waals surface area contributed by atoms with Gasteiger partial charge < -0.3 is 30.2 Å². The van der Waals surface area contributed by atoms with Crippen LogP contribution in [0, 0.1) is 17.8 Å². The first-order valence-electron chi connectivity index (χ1n) is 15.9. The van der Waals surface area contributed by atoms with Crippen molar-refractivity contribution in [3.63, 3.8) is 0 Å². The molecule has 12 nitrogen and oxygen atoms in total. The van der Waals surface area contributed by atoms with E-state index in [2.05, 4.69) is 51.7 Å². The summed E-state index contributed by atoms with van der Waals surface area (Å²) in [7, 11) is 2.65. The molecule has 0 radical (unpaired) electrons. The molecule has 1 aliphatic rings. The molecule has 3 N–H and O–H groups in total. The first-order valence-corrected chi connectivity index (χ1v) is 15.9. The summed E-state index contributed by atoms with van der Waals surface area (Å²) in [5, 5.41) is 9.44. The number of esters is 3. The molecule has 48 heavy (non-hydrogen) atoms. The number of ether oxygens (including phenoxy) is 3. The van der Waals surface area contributed by atoms with Crippen molar-refractivity contribution in [3.8, 4) is 0 Å². The summed E-state index contributed by atoms with van der Waals surface area (Å²) in [6, 6.07) is 20.3. The zero-order valence-electron chi connectivity index (χ0n) is 27.7. The van der Waals surface area contributed by atoms with E-state index in [0.717, 1.165) is 19.3 Å². The maximum Gasteiger partial charge on any atom is 0.338 e. The van der Waals surface area contributed by atoms with E-state index in [1.165, 1.54) is 14.2 Å². The SMILES string of the molecule is COC(=O)c1ccc(Nc2nc(Nc3ccc(C(=O)OC)cc3)nc(Nc3ccc(C(=O)OC4CC(C)CCC4C(C)C)cc3)n2)cc1. The van der Waals surface area contributed by atoms with Crippen molar-refractivity contribution in [2.75, 3.05) is 30.2 Å². The first kappa shape index (κ1) is 33.8. The van der Waals surface area contributed by atoms with Crippen molar-refractivity contribution in [2.45, 2.75) is 46.1 Å². The van der Waals surface area contributed by atoms with E-state index in [4.69, 9.17) is 14.2 Å². The number of methoxy groups -OCH3 is 2. The Morgan fingerprint density at radius 1 is 0.625 bits per heavy atom. The molecule has 3 atom stereocenters. The lowest BCUT2D eigenvalue weighted by Gasteiger charge is -2.36. The Morgan fingerprint density at radius 2 is 1.00 bits per heavy atom. The highest BCUT2D eigenvalue weighted by molar-refractivity contribution is 5.91. The summed E-state index contributed by atoms with van der Waals surface area (Å²) in [6.07, 6.45) is 3.02. The average molecular weight is 653 g/mol. The number of nitrogens with zero attached hydrogens (tertiary/aromatic N) is 3. The van der Waals surface area contributed by atoms with E-state index < -0.39 is 11.9 Å². The molecule has 0 saturated heterocycles. The van der Waals surface area contributed by atoms with Crippen molar-refractivity contribution in [1.29, 1.82) is 0 Å². The van der Waals surface area contributed by atoms with E-state index in [0.29, 0.717) is 51.5 Å². The van der Waals surface area contributed by atoms with Crippen LogP contribution in [0.15, 0.2) is 72.8 Å². The quantitative estimate of drug-likeness (QED) is 0.110. The minimum absolute atomic E-state index is 0.0885. The van der Waals surface area contributed by atoms with Crippen LogP contribution in [-0.2, 0) is 14.2 Å². The number of carbonyl (C=O) groups is 3. The molecule has 0 amide bonds. The highest BCUT2D eigenvalue weighted by atomic mass is 16.5. The zero-order chi connectivity index (χ0) is 34.2. The number of carbonyl (C=O) groups excluding carboxylic acids is 3. The number of anilines is 6. The largest absolute Gasteiger partial charge is 0.465 e. The fraction of sp³-hybridized carbons (Fsp3) is 0.333. The molecule has 1 aliphatic carbocycles. The van der Waals surface area contributed by atoms with Gasteiger partial charge in [-0.1, -0.05) is 27.2 Å². The van der Waals surface area contributed by atoms with E-state index in [9.17, 15) is 14.4 Å². The molecular weight excluding hydrogens is 612 g/mol. The Bertz CT molecular complexity index is 1650. The standard InChI is InChI=1S/C36H40N6O6/c1-21(2)29-19-6-22(3)20-30(29)48-33(45)25-11-17-28(18-12-25)39-36-41-34(37-26-13-7-23(8-14-26)31(43)46-4)40-35(42-36)38-27-15-9-24(10-16-27)32(44)47-5/h7-18,21-22,29-30H,6,19-20H2,1-5H3,(H3,37,38,39,40,41,42). The molecule has 3 unspecified atom stereocenters. The number of hydrogen-bond donors (Lipinski definition) is 3. The molecule has 4 aromatic rings. The van der Waals surface area contributed by atoms with Gasteiger partial charge in [-0.05, 0) is 103 Å². The van der Waals surface area contributed by atoms with E-state index in [1.54, 1.807) is 72.8 Å². The van der Waals surface area contributed by atoms with Crippen LogP contribution < -0.4 is 16.0 Å². The second-order valence-electron chi connectivity index (χ2n) is 12.2. The van der Waals surface area contributed by atoms with Crippen LogP contribution in [0.25, 0.3) is 0 Å². The van der Waals surface area contributed by atoms with Crippen molar-refractivity contribution in [3.05, 3.63) is 89.5 Å². The number of hydrogen-bond acceptors (Lipinski definition) is 12. The van der Waals surface area contributed by atoms with Gasteiger partial charge in [-0.15, -0.1) is 0 Å². The normalized spacial score (nSPS) is 17.2. The smallest absolute Gasteiger partial charge is 0.338 e. The molecule has 250 valence electrons. The molecular formula is C36H40N6O6. The van der Waals surface area contributed by atoms with Crippen molar-refractivity contribution < 1.29 is 28.6 Å². The minimum Gasteiger partial charge on any atom is -0.465 e. The third kappa shape index (κ3) is 8.64. The highest BCUT2D eigenvalue weighted by Crippen LogP contribution is 2.36. The third-order valence-corrected chi connectivity index (χ3v) is 8.36. The van der Waals surface area contributed by atoms with Gasteiger partial charge in [0.05, 0.1) is 30.9 Å². The van der Waals surface area contributed by atoms with Crippen LogP contribution in [0.4, 0.5) is 34.9 Å². The number of aromatic nitrogens is 3. The molecule has 0 spiro atoms. The second kappa shape index (κ2) is 15.4. The number of rotatable bonds is 11. The summed E-state index contributed by atoms with van der Waals surface area (Å²) < 4.78 is 15.6. The van der Waals surface area contributed by atoms with Crippen molar-refractivity contribution in [2.24, 2.45) is 17.8 Å². The monoisotopic (exact) mass is 652 g/mol. The lowest BCUT2D eigenvalue weighted by atomic mass is 9.75. The van der Waals surface area contributed by atoms with Gasteiger partial charge in [-0.2, -0.15) is 15.0 Å². The van der Waals surface area contributed by atoms with Crippen LogP contribution in [0.5, 0.6) is 0 Å². The molecule has 0 bridgehead atoms. The number of nitrogens with one attached hydrogen (secondary N) is 3. The summed E-state index contributed by atoms with van der Waals surface area (Å²) in [6.45, 7) is 6.58.